The van der Waals surface area contributed by atoms with Crippen molar-refractivity contribution in [2.75, 3.05) is 13.1 Å². The molecule has 3 aliphatic heterocycles. The molecule has 2 fully saturated rings. The van der Waals surface area contributed by atoms with Crippen molar-refractivity contribution in [3.05, 3.63) is 94.8 Å². The van der Waals surface area contributed by atoms with Crippen molar-refractivity contribution in [1.29, 1.82) is 0 Å². The monoisotopic (exact) mass is 479 g/mol. The minimum absolute atomic E-state index is 0.0559. The Morgan fingerprint density at radius 1 is 0.944 bits per heavy atom. The molecular formula is C31H33N3O2. The van der Waals surface area contributed by atoms with E-state index in [-0.39, 0.29) is 5.91 Å². The van der Waals surface area contributed by atoms with Crippen molar-refractivity contribution in [1.82, 2.24) is 14.8 Å². The maximum absolute atomic E-state index is 13.0. The first-order valence-corrected chi connectivity index (χ1v) is 13.2. The average molecular weight is 480 g/mol. The van der Waals surface area contributed by atoms with Crippen molar-refractivity contribution in [2.24, 2.45) is 0 Å². The van der Waals surface area contributed by atoms with Gasteiger partial charge < -0.3 is 9.64 Å². The molecule has 5 nitrogen and oxygen atoms in total. The summed E-state index contributed by atoms with van der Waals surface area (Å²) in [6, 6.07) is 21.6. The van der Waals surface area contributed by atoms with Crippen LogP contribution in [0.4, 0.5) is 0 Å². The predicted molar refractivity (Wildman–Crippen MR) is 142 cm³/mol. The number of nitrogens with zero attached hydrogens (tertiary/aromatic N) is 3. The molecule has 6 rings (SSSR count). The maximum Gasteiger partial charge on any atom is 0.253 e. The van der Waals surface area contributed by atoms with Gasteiger partial charge in [-0.25, -0.2) is 0 Å². The van der Waals surface area contributed by atoms with Gasteiger partial charge in [-0.2, -0.15) is 0 Å². The molecule has 4 heterocycles. The van der Waals surface area contributed by atoms with E-state index in [1.165, 1.54) is 29.6 Å². The Morgan fingerprint density at radius 3 is 2.39 bits per heavy atom. The fraction of sp³-hybridized carbons (Fsp3) is 0.355. The van der Waals surface area contributed by atoms with Crippen LogP contribution in [0.25, 0.3) is 5.57 Å². The average Bonchev–Trinajstić information content (AvgIpc) is 3.14. The van der Waals surface area contributed by atoms with E-state index in [1.807, 2.05) is 55.3 Å². The summed E-state index contributed by atoms with van der Waals surface area (Å²) in [7, 11) is 0. The van der Waals surface area contributed by atoms with E-state index < -0.39 is 0 Å². The van der Waals surface area contributed by atoms with Gasteiger partial charge in [0.2, 0.25) is 0 Å². The Balaban J connectivity index is 1.37. The lowest BCUT2D eigenvalue weighted by Crippen LogP contribution is -2.40. The van der Waals surface area contributed by atoms with Crippen molar-refractivity contribution in [3.63, 3.8) is 0 Å². The topological polar surface area (TPSA) is 45.7 Å². The number of carbonyl (C=O) groups is 1. The normalized spacial score (nSPS) is 20.5. The summed E-state index contributed by atoms with van der Waals surface area (Å²) in [6.45, 7) is 6.35. The Labute approximate surface area is 213 Å². The number of hydrogen-bond donors (Lipinski definition) is 0. The molecule has 3 aromatic rings. The van der Waals surface area contributed by atoms with E-state index in [0.29, 0.717) is 30.7 Å². The zero-order valence-electron chi connectivity index (χ0n) is 21.1. The molecule has 2 saturated heterocycles. The molecule has 2 unspecified atom stereocenters. The van der Waals surface area contributed by atoms with Gasteiger partial charge in [-0.15, -0.1) is 0 Å². The van der Waals surface area contributed by atoms with E-state index in [4.69, 9.17) is 4.74 Å². The quantitative estimate of drug-likeness (QED) is 0.337. The summed E-state index contributed by atoms with van der Waals surface area (Å²) in [4.78, 5) is 22.2. The van der Waals surface area contributed by atoms with E-state index in [0.717, 1.165) is 42.1 Å². The molecule has 1 aromatic heterocycles. The number of amides is 1. The van der Waals surface area contributed by atoms with Crippen LogP contribution < -0.4 is 4.74 Å². The van der Waals surface area contributed by atoms with Crippen LogP contribution in [0.1, 0.15) is 66.7 Å². The molecule has 184 valence electrons. The SMILES string of the molecule is CCN(CC)C(=O)c1ccc2c(c1)Oc1ccccc1C2=C1CC2CCC(C1)N2Cc1ccccn1. The molecular weight excluding hydrogens is 446 g/mol. The number of piperidine rings is 1. The molecule has 36 heavy (non-hydrogen) atoms. The summed E-state index contributed by atoms with van der Waals surface area (Å²) in [5.41, 5.74) is 6.93. The van der Waals surface area contributed by atoms with Crippen molar-refractivity contribution >= 4 is 11.5 Å². The first kappa shape index (κ1) is 23.0. The minimum atomic E-state index is 0.0559. The molecule has 0 N–H and O–H groups in total. The summed E-state index contributed by atoms with van der Waals surface area (Å²) in [6.07, 6.45) is 6.48. The highest BCUT2D eigenvalue weighted by Crippen LogP contribution is 2.49. The van der Waals surface area contributed by atoms with Crippen LogP contribution in [0, 0.1) is 0 Å². The number of pyridine rings is 1. The standard InChI is InChI=1S/C31H33N3O2/c1-3-33(4-2)31(35)21-12-15-27-29(19-21)36-28-11-6-5-10-26(28)30(27)22-17-24-13-14-25(18-22)34(24)20-23-9-7-8-16-32-23/h5-12,15-16,19,24-25H,3-4,13-14,17-18,20H2,1-2H3. The smallest absolute Gasteiger partial charge is 0.253 e. The second-order valence-electron chi connectivity index (χ2n) is 10.1. The van der Waals surface area contributed by atoms with E-state index in [9.17, 15) is 4.79 Å². The summed E-state index contributed by atoms with van der Waals surface area (Å²) in [5.74, 6) is 1.72. The van der Waals surface area contributed by atoms with Crippen LogP contribution in [-0.2, 0) is 6.54 Å². The number of hydrogen-bond acceptors (Lipinski definition) is 4. The first-order chi connectivity index (χ1) is 17.7. The lowest BCUT2D eigenvalue weighted by atomic mass is 9.83. The summed E-state index contributed by atoms with van der Waals surface area (Å²) >= 11 is 0. The highest BCUT2D eigenvalue weighted by Gasteiger charge is 2.40. The van der Waals surface area contributed by atoms with Gasteiger partial charge >= 0.3 is 0 Å². The Morgan fingerprint density at radius 2 is 1.67 bits per heavy atom. The fourth-order valence-corrected chi connectivity index (χ4v) is 6.29. The fourth-order valence-electron chi connectivity index (χ4n) is 6.29. The van der Waals surface area contributed by atoms with Crippen LogP contribution in [0.3, 0.4) is 0 Å². The lowest BCUT2D eigenvalue weighted by Gasteiger charge is -2.38. The van der Waals surface area contributed by atoms with Gasteiger partial charge in [0.05, 0.1) is 5.69 Å². The van der Waals surface area contributed by atoms with Crippen LogP contribution >= 0.6 is 0 Å². The molecule has 2 aromatic carbocycles. The molecule has 0 radical (unpaired) electrons. The van der Waals surface area contributed by atoms with Crippen LogP contribution in [-0.4, -0.2) is 45.9 Å². The lowest BCUT2D eigenvalue weighted by molar-refractivity contribution is 0.0772. The molecule has 2 bridgehead atoms. The Kier molecular flexibility index (Phi) is 6.10. The second-order valence-corrected chi connectivity index (χ2v) is 10.1. The summed E-state index contributed by atoms with van der Waals surface area (Å²) in [5, 5.41) is 0. The second kappa shape index (κ2) is 9.55. The van der Waals surface area contributed by atoms with Crippen LogP contribution in [0.15, 0.2) is 72.4 Å². The molecule has 0 aliphatic carbocycles. The molecule has 0 spiro atoms. The number of fused-ring (bicyclic) bond motifs is 4. The Bertz CT molecular complexity index is 1300. The van der Waals surface area contributed by atoms with Crippen molar-refractivity contribution < 1.29 is 9.53 Å². The van der Waals surface area contributed by atoms with E-state index >= 15 is 0 Å². The number of para-hydroxylation sites is 1. The van der Waals surface area contributed by atoms with E-state index in [2.05, 4.69) is 40.2 Å². The van der Waals surface area contributed by atoms with Gasteiger partial charge in [0.15, 0.2) is 0 Å². The third-order valence-electron chi connectivity index (χ3n) is 8.08. The van der Waals surface area contributed by atoms with Gasteiger partial charge in [0.1, 0.15) is 11.5 Å². The van der Waals surface area contributed by atoms with Crippen molar-refractivity contribution in [2.45, 2.75) is 58.2 Å². The number of benzene rings is 2. The number of ether oxygens (including phenoxy) is 1. The van der Waals surface area contributed by atoms with E-state index in [1.54, 1.807) is 0 Å². The Hall–Kier alpha value is -3.44. The highest BCUT2D eigenvalue weighted by atomic mass is 16.5. The number of rotatable bonds is 5. The minimum Gasteiger partial charge on any atom is -0.456 e. The molecule has 0 saturated carbocycles. The predicted octanol–water partition coefficient (Wildman–Crippen LogP) is 6.30. The molecule has 1 amide bonds. The highest BCUT2D eigenvalue weighted by molar-refractivity contribution is 5.97. The zero-order chi connectivity index (χ0) is 24.6. The zero-order valence-corrected chi connectivity index (χ0v) is 21.1. The van der Waals surface area contributed by atoms with Gasteiger partial charge in [-0.3, -0.25) is 14.7 Å². The van der Waals surface area contributed by atoms with Gasteiger partial charge in [0, 0.05) is 54.6 Å². The first-order valence-electron chi connectivity index (χ1n) is 13.2. The van der Waals surface area contributed by atoms with Gasteiger partial charge in [-0.05, 0) is 81.5 Å². The van der Waals surface area contributed by atoms with Gasteiger partial charge in [0.25, 0.3) is 5.91 Å². The molecule has 2 atom stereocenters. The maximum atomic E-state index is 13.0. The largest absolute Gasteiger partial charge is 0.456 e. The van der Waals surface area contributed by atoms with Crippen LogP contribution in [0.5, 0.6) is 11.5 Å². The third kappa shape index (κ3) is 4.01. The summed E-state index contributed by atoms with van der Waals surface area (Å²) < 4.78 is 6.38. The number of carbonyl (C=O) groups excluding carboxylic acids is 1. The molecule has 5 heteroatoms. The number of aromatic nitrogens is 1. The molecule has 3 aliphatic rings. The third-order valence-corrected chi connectivity index (χ3v) is 8.08. The van der Waals surface area contributed by atoms with Crippen LogP contribution in [0.2, 0.25) is 0 Å². The van der Waals surface area contributed by atoms with Crippen molar-refractivity contribution in [3.8, 4) is 11.5 Å². The van der Waals surface area contributed by atoms with Gasteiger partial charge in [-0.1, -0.05) is 29.8 Å².